The lowest BCUT2D eigenvalue weighted by Gasteiger charge is -2.17. The minimum absolute atomic E-state index is 0. The molecule has 1 aromatic carbocycles. The first kappa shape index (κ1) is 25.6. The van der Waals surface area contributed by atoms with Gasteiger partial charge >= 0.3 is 0 Å². The molecule has 0 aromatic heterocycles. The van der Waals surface area contributed by atoms with Crippen molar-refractivity contribution < 1.29 is 14.3 Å². The van der Waals surface area contributed by atoms with E-state index >= 15 is 0 Å². The van der Waals surface area contributed by atoms with E-state index in [4.69, 9.17) is 4.74 Å². The molecule has 0 unspecified atom stereocenters. The van der Waals surface area contributed by atoms with Gasteiger partial charge in [0.05, 0.1) is 23.8 Å². The van der Waals surface area contributed by atoms with Crippen molar-refractivity contribution in [3.05, 3.63) is 35.4 Å². The largest absolute Gasteiger partial charge is 0.376 e. The van der Waals surface area contributed by atoms with Gasteiger partial charge in [-0.2, -0.15) is 0 Å². The summed E-state index contributed by atoms with van der Waals surface area (Å²) in [7, 11) is 1.75. The number of nitrogens with zero attached hydrogens (tertiary/aromatic N) is 2. The van der Waals surface area contributed by atoms with Gasteiger partial charge in [0.2, 0.25) is 0 Å². The van der Waals surface area contributed by atoms with Gasteiger partial charge in [0.25, 0.3) is 11.8 Å². The van der Waals surface area contributed by atoms with Crippen molar-refractivity contribution in [2.45, 2.75) is 57.5 Å². The number of halogens is 1. The highest BCUT2D eigenvalue weighted by Crippen LogP contribution is 2.22. The van der Waals surface area contributed by atoms with Crippen LogP contribution in [0.15, 0.2) is 29.3 Å². The molecule has 2 amide bonds. The van der Waals surface area contributed by atoms with Gasteiger partial charge in [0.15, 0.2) is 5.96 Å². The van der Waals surface area contributed by atoms with Crippen LogP contribution in [0, 0.1) is 0 Å². The zero-order valence-corrected chi connectivity index (χ0v) is 20.7. The predicted octanol–water partition coefficient (Wildman–Crippen LogP) is 3.59. The third kappa shape index (κ3) is 7.45. The van der Waals surface area contributed by atoms with Crippen LogP contribution in [-0.4, -0.2) is 62.1 Å². The molecule has 7 nitrogen and oxygen atoms in total. The normalized spacial score (nSPS) is 17.2. The van der Waals surface area contributed by atoms with Crippen LogP contribution in [0.25, 0.3) is 0 Å². The molecule has 3 rings (SSSR count). The Morgan fingerprint density at radius 3 is 2.23 bits per heavy atom. The highest BCUT2D eigenvalue weighted by atomic mass is 127. The average molecular weight is 542 g/mol. The first-order valence-corrected chi connectivity index (χ1v) is 11.2. The van der Waals surface area contributed by atoms with E-state index in [-0.39, 0.29) is 35.8 Å². The van der Waals surface area contributed by atoms with E-state index < -0.39 is 0 Å². The molecule has 31 heavy (non-hydrogen) atoms. The molecule has 1 aromatic rings. The minimum atomic E-state index is -0.185. The van der Waals surface area contributed by atoms with E-state index in [1.807, 2.05) is 0 Å². The number of aliphatic imine (C=N–C) groups is 1. The van der Waals surface area contributed by atoms with Crippen molar-refractivity contribution in [1.82, 2.24) is 15.5 Å². The molecule has 8 heteroatoms. The summed E-state index contributed by atoms with van der Waals surface area (Å²) in [6.07, 6.45) is 9.59. The molecule has 0 spiro atoms. The Morgan fingerprint density at radius 1 is 1.00 bits per heavy atom. The summed E-state index contributed by atoms with van der Waals surface area (Å²) in [5.41, 5.74) is 1.02. The molecule has 2 N–H and O–H groups in total. The number of imide groups is 1. The van der Waals surface area contributed by atoms with Crippen LogP contribution >= 0.6 is 24.0 Å². The maximum absolute atomic E-state index is 12.4. The first-order valence-electron chi connectivity index (χ1n) is 11.2. The number of ether oxygens (including phenoxy) is 1. The van der Waals surface area contributed by atoms with Gasteiger partial charge < -0.3 is 15.4 Å². The van der Waals surface area contributed by atoms with E-state index in [0.717, 1.165) is 31.9 Å². The van der Waals surface area contributed by atoms with Crippen LogP contribution in [0.2, 0.25) is 0 Å². The molecule has 1 fully saturated rings. The molecular weight excluding hydrogens is 507 g/mol. The predicted molar refractivity (Wildman–Crippen MR) is 133 cm³/mol. The van der Waals surface area contributed by atoms with E-state index in [2.05, 4.69) is 15.6 Å². The molecule has 0 saturated heterocycles. The Hall–Kier alpha value is -1.68. The van der Waals surface area contributed by atoms with Crippen molar-refractivity contribution in [2.75, 3.05) is 33.3 Å². The summed E-state index contributed by atoms with van der Waals surface area (Å²) in [6.45, 7) is 2.58. The number of rotatable bonds is 9. The maximum Gasteiger partial charge on any atom is 0.261 e. The molecule has 0 atom stereocenters. The quantitative estimate of drug-likeness (QED) is 0.125. The molecule has 0 bridgehead atoms. The number of guanidine groups is 1. The second-order valence-electron chi connectivity index (χ2n) is 7.92. The standard InChI is InChI=1S/C23H34N4O3.HI/c1-24-23(26-15-17-30-18-10-4-2-3-5-11-18)25-14-8-9-16-27-21(28)19-12-6-7-13-20(19)22(27)29;/h6-7,12-13,18H,2-5,8-11,14-17H2,1H3,(H2,24,25,26);1H. The van der Waals surface area contributed by atoms with Crippen molar-refractivity contribution in [1.29, 1.82) is 0 Å². The molecule has 2 aliphatic rings. The van der Waals surface area contributed by atoms with Crippen molar-refractivity contribution in [3.8, 4) is 0 Å². The van der Waals surface area contributed by atoms with E-state index in [0.29, 0.717) is 30.4 Å². The van der Waals surface area contributed by atoms with Crippen LogP contribution in [0.5, 0.6) is 0 Å². The Bertz CT molecular complexity index is 713. The van der Waals surface area contributed by atoms with Crippen molar-refractivity contribution in [3.63, 3.8) is 0 Å². The van der Waals surface area contributed by atoms with Gasteiger partial charge in [-0.25, -0.2) is 0 Å². The molecule has 1 heterocycles. The van der Waals surface area contributed by atoms with E-state index in [1.54, 1.807) is 31.3 Å². The SMILES string of the molecule is CN=C(NCCCCN1C(=O)c2ccccc2C1=O)NCCOC1CCCCCC1.I. The Labute approximate surface area is 202 Å². The number of carbonyl (C=O) groups is 2. The summed E-state index contributed by atoms with van der Waals surface area (Å²) in [5, 5.41) is 6.56. The van der Waals surface area contributed by atoms with Gasteiger partial charge in [-0.3, -0.25) is 19.5 Å². The minimum Gasteiger partial charge on any atom is -0.376 e. The summed E-state index contributed by atoms with van der Waals surface area (Å²) >= 11 is 0. The third-order valence-corrected chi connectivity index (χ3v) is 5.75. The monoisotopic (exact) mass is 542 g/mol. The average Bonchev–Trinajstić information content (AvgIpc) is 2.94. The molecule has 0 radical (unpaired) electrons. The van der Waals surface area contributed by atoms with Gasteiger partial charge in [-0.15, -0.1) is 24.0 Å². The van der Waals surface area contributed by atoms with Crippen LogP contribution < -0.4 is 10.6 Å². The summed E-state index contributed by atoms with van der Waals surface area (Å²) in [4.78, 5) is 30.3. The fraction of sp³-hybridized carbons (Fsp3) is 0.609. The first-order chi connectivity index (χ1) is 14.7. The maximum atomic E-state index is 12.4. The summed E-state index contributed by atoms with van der Waals surface area (Å²) in [6, 6.07) is 7.01. The second-order valence-corrected chi connectivity index (χ2v) is 7.92. The highest BCUT2D eigenvalue weighted by Gasteiger charge is 2.34. The molecule has 172 valence electrons. The number of amides is 2. The Morgan fingerprint density at radius 2 is 1.61 bits per heavy atom. The number of benzene rings is 1. The number of carbonyl (C=O) groups excluding carboxylic acids is 2. The fourth-order valence-electron chi connectivity index (χ4n) is 4.07. The topological polar surface area (TPSA) is 83.0 Å². The molecule has 1 aliphatic heterocycles. The zero-order valence-electron chi connectivity index (χ0n) is 18.4. The van der Waals surface area contributed by atoms with Crippen LogP contribution in [0.4, 0.5) is 0 Å². The van der Waals surface area contributed by atoms with Gasteiger partial charge in [0.1, 0.15) is 0 Å². The van der Waals surface area contributed by atoms with Crippen molar-refractivity contribution in [2.24, 2.45) is 4.99 Å². The molecular formula is C23H35IN4O3. The Balaban J connectivity index is 0.00000341. The Kier molecular flexibility index (Phi) is 11.3. The second kappa shape index (κ2) is 13.7. The van der Waals surface area contributed by atoms with Crippen LogP contribution in [-0.2, 0) is 4.74 Å². The van der Waals surface area contributed by atoms with Gasteiger partial charge in [-0.1, -0.05) is 37.8 Å². The smallest absolute Gasteiger partial charge is 0.261 e. The van der Waals surface area contributed by atoms with Crippen LogP contribution in [0.1, 0.15) is 72.1 Å². The number of fused-ring (bicyclic) bond motifs is 1. The third-order valence-electron chi connectivity index (χ3n) is 5.75. The summed E-state index contributed by atoms with van der Waals surface area (Å²) < 4.78 is 5.99. The molecule has 1 aliphatic carbocycles. The van der Waals surface area contributed by atoms with E-state index in [9.17, 15) is 9.59 Å². The number of nitrogens with one attached hydrogen (secondary N) is 2. The number of hydrogen-bond donors (Lipinski definition) is 2. The lowest BCUT2D eigenvalue weighted by Crippen LogP contribution is -2.40. The van der Waals surface area contributed by atoms with Gasteiger partial charge in [0, 0.05) is 26.7 Å². The zero-order chi connectivity index (χ0) is 21.2. The number of hydrogen-bond acceptors (Lipinski definition) is 4. The molecule has 1 saturated carbocycles. The summed E-state index contributed by atoms with van der Waals surface area (Å²) in [5.74, 6) is 0.379. The lowest BCUT2D eigenvalue weighted by atomic mass is 10.1. The number of unbranched alkanes of at least 4 members (excludes halogenated alkanes) is 1. The lowest BCUT2D eigenvalue weighted by molar-refractivity contribution is 0.0468. The van der Waals surface area contributed by atoms with Crippen molar-refractivity contribution >= 4 is 41.8 Å². The van der Waals surface area contributed by atoms with E-state index in [1.165, 1.54) is 43.4 Å². The fourth-order valence-corrected chi connectivity index (χ4v) is 4.07. The van der Waals surface area contributed by atoms with Crippen LogP contribution in [0.3, 0.4) is 0 Å². The highest BCUT2D eigenvalue weighted by molar-refractivity contribution is 14.0. The van der Waals surface area contributed by atoms with Gasteiger partial charge in [-0.05, 0) is 37.8 Å².